The van der Waals surface area contributed by atoms with Gasteiger partial charge in [0.05, 0.1) is 28.2 Å². The van der Waals surface area contributed by atoms with Gasteiger partial charge in [-0.3, -0.25) is 4.79 Å². The topological polar surface area (TPSA) is 20.3 Å². The smallest absolute Gasteiger partial charge is 0.265 e. The van der Waals surface area contributed by atoms with Crippen LogP contribution in [-0.4, -0.2) is 43.7 Å². The maximum absolute atomic E-state index is 11.0. The number of carbonyl (C=O) groups excluding carboxylic acids is 1. The minimum absolute atomic E-state index is 0.0625. The minimum atomic E-state index is -0.0625. The minimum Gasteiger partial charge on any atom is -0.265 e. The molecule has 0 radical (unpaired) electrons. The van der Waals surface area contributed by atoms with E-state index in [2.05, 4.69) is 6.58 Å². The van der Waals surface area contributed by atoms with E-state index in [-0.39, 0.29) is 5.91 Å². The summed E-state index contributed by atoms with van der Waals surface area (Å²) in [6.45, 7) is 3.39. The van der Waals surface area contributed by atoms with Crippen molar-refractivity contribution in [2.45, 2.75) is 0 Å². The number of quaternary nitrogens is 1. The molecule has 0 saturated carbocycles. The summed E-state index contributed by atoms with van der Waals surface area (Å²) >= 11 is 0. The quantitative estimate of drug-likeness (QED) is 0.308. The van der Waals surface area contributed by atoms with E-state index < -0.39 is 0 Å². The highest BCUT2D eigenvalue weighted by Crippen LogP contribution is 1.97. The van der Waals surface area contributed by atoms with E-state index in [1.165, 1.54) is 6.08 Å². The highest BCUT2D eigenvalue weighted by Gasteiger charge is 2.18. The summed E-state index contributed by atoms with van der Waals surface area (Å²) in [4.78, 5) is 11.0. The highest BCUT2D eigenvalue weighted by molar-refractivity contribution is 5.85. The summed E-state index contributed by atoms with van der Waals surface area (Å²) in [6, 6.07) is 0. The fraction of sp³-hybridized carbons (Fsp3) is 0.571. The molecular weight excluding hydrogens is 128 g/mol. The molecule has 0 aromatic carbocycles. The number of nitrogens with zero attached hydrogens (tertiary/aromatic N) is 2. The van der Waals surface area contributed by atoms with Gasteiger partial charge in [-0.15, -0.1) is 0 Å². The predicted octanol–water partition coefficient (Wildman–Crippen LogP) is 0.252. The van der Waals surface area contributed by atoms with Gasteiger partial charge in [-0.1, -0.05) is 6.58 Å². The van der Waals surface area contributed by atoms with Crippen molar-refractivity contribution in [3.63, 3.8) is 0 Å². The lowest BCUT2D eigenvalue weighted by Crippen LogP contribution is -2.51. The van der Waals surface area contributed by atoms with E-state index in [9.17, 15) is 4.79 Å². The van der Waals surface area contributed by atoms with Gasteiger partial charge >= 0.3 is 0 Å². The first-order chi connectivity index (χ1) is 4.39. The first-order valence-corrected chi connectivity index (χ1v) is 3.11. The number of hydrogen-bond donors (Lipinski definition) is 0. The van der Waals surface area contributed by atoms with Crippen LogP contribution in [0.2, 0.25) is 0 Å². The van der Waals surface area contributed by atoms with Crippen LogP contribution in [0.4, 0.5) is 0 Å². The highest BCUT2D eigenvalue weighted by atomic mass is 16.2. The summed E-state index contributed by atoms with van der Waals surface area (Å²) in [5.41, 5.74) is 0. The Morgan fingerprint density at radius 3 is 2.00 bits per heavy atom. The molecule has 10 heavy (non-hydrogen) atoms. The van der Waals surface area contributed by atoms with Crippen LogP contribution in [0.15, 0.2) is 12.7 Å². The lowest BCUT2D eigenvalue weighted by atomic mass is 10.5. The lowest BCUT2D eigenvalue weighted by Gasteiger charge is -2.32. The first kappa shape index (κ1) is 9.17. The maximum Gasteiger partial charge on any atom is 0.290 e. The number of hydrogen-bond acceptors (Lipinski definition) is 1. The van der Waals surface area contributed by atoms with Crippen molar-refractivity contribution in [3.8, 4) is 0 Å². The Hall–Kier alpha value is -0.830. The third kappa shape index (κ3) is 2.19. The van der Waals surface area contributed by atoms with Gasteiger partial charge in [0.1, 0.15) is 0 Å². The Kier molecular flexibility index (Phi) is 2.60. The Labute approximate surface area is 62.1 Å². The Bertz CT molecular complexity index is 146. The zero-order chi connectivity index (χ0) is 8.36. The molecule has 0 unspecified atom stereocenters. The second-order valence-electron chi connectivity index (χ2n) is 3.01. The van der Waals surface area contributed by atoms with Gasteiger partial charge in [0.2, 0.25) is 0 Å². The molecule has 0 aliphatic rings. The second kappa shape index (κ2) is 2.84. The predicted molar refractivity (Wildman–Crippen MR) is 41.0 cm³/mol. The standard InChI is InChI=1S/C7H15N2O/c1-6-7(10)8(2)9(3,4)5/h6H,1H2,2-5H3/q+1. The van der Waals surface area contributed by atoms with Gasteiger partial charge in [-0.2, -0.15) is 5.01 Å². The van der Waals surface area contributed by atoms with E-state index in [1.807, 2.05) is 21.1 Å². The molecule has 1 amide bonds. The molecule has 0 aliphatic heterocycles. The normalized spacial score (nSPS) is 10.8. The molecule has 0 aromatic rings. The van der Waals surface area contributed by atoms with Crippen LogP contribution in [0.5, 0.6) is 0 Å². The fourth-order valence-corrected chi connectivity index (χ4v) is 0.428. The molecule has 0 atom stereocenters. The number of rotatable bonds is 2. The maximum atomic E-state index is 11.0. The lowest BCUT2D eigenvalue weighted by molar-refractivity contribution is -0.970. The molecule has 0 aromatic heterocycles. The molecule has 0 bridgehead atoms. The van der Waals surface area contributed by atoms with Crippen LogP contribution in [0.1, 0.15) is 0 Å². The van der Waals surface area contributed by atoms with E-state index in [1.54, 1.807) is 12.1 Å². The molecular formula is C7H15N2O+. The van der Waals surface area contributed by atoms with Crippen molar-refractivity contribution in [1.82, 2.24) is 5.01 Å². The Morgan fingerprint density at radius 2 is 1.90 bits per heavy atom. The Morgan fingerprint density at radius 1 is 1.50 bits per heavy atom. The van der Waals surface area contributed by atoms with E-state index in [0.717, 1.165) is 0 Å². The van der Waals surface area contributed by atoms with Crippen molar-refractivity contribution in [1.29, 1.82) is 0 Å². The third-order valence-electron chi connectivity index (χ3n) is 1.39. The number of likely N-dealkylation sites (N-methyl/N-ethyl adjacent to an activating group) is 1. The summed E-state index contributed by atoms with van der Waals surface area (Å²) in [5, 5.41) is 1.59. The van der Waals surface area contributed by atoms with Crippen LogP contribution in [-0.2, 0) is 4.79 Å². The van der Waals surface area contributed by atoms with Crippen molar-refractivity contribution in [2.24, 2.45) is 0 Å². The summed E-state index contributed by atoms with van der Waals surface area (Å²) in [7, 11) is 7.49. The zero-order valence-corrected chi connectivity index (χ0v) is 7.09. The van der Waals surface area contributed by atoms with Crippen LogP contribution >= 0.6 is 0 Å². The summed E-state index contributed by atoms with van der Waals surface area (Å²) < 4.78 is 0.491. The largest absolute Gasteiger partial charge is 0.290 e. The molecule has 0 heterocycles. The zero-order valence-electron chi connectivity index (χ0n) is 7.09. The molecule has 0 rings (SSSR count). The van der Waals surface area contributed by atoms with E-state index in [0.29, 0.717) is 4.59 Å². The van der Waals surface area contributed by atoms with Gasteiger partial charge in [0.25, 0.3) is 5.91 Å². The van der Waals surface area contributed by atoms with Crippen molar-refractivity contribution >= 4 is 5.91 Å². The third-order valence-corrected chi connectivity index (χ3v) is 1.39. The Balaban J connectivity index is 4.21. The van der Waals surface area contributed by atoms with Gasteiger partial charge in [-0.25, -0.2) is 4.59 Å². The van der Waals surface area contributed by atoms with Crippen LogP contribution < -0.4 is 0 Å². The molecule has 3 heteroatoms. The fourth-order valence-electron chi connectivity index (χ4n) is 0.428. The van der Waals surface area contributed by atoms with Crippen LogP contribution in [0.3, 0.4) is 0 Å². The molecule has 3 nitrogen and oxygen atoms in total. The molecule has 58 valence electrons. The summed E-state index contributed by atoms with van der Waals surface area (Å²) in [6.07, 6.45) is 1.31. The van der Waals surface area contributed by atoms with Crippen LogP contribution in [0, 0.1) is 0 Å². The average molecular weight is 143 g/mol. The molecule has 0 spiro atoms. The molecule has 0 aliphatic carbocycles. The number of amides is 1. The van der Waals surface area contributed by atoms with Crippen molar-refractivity contribution in [3.05, 3.63) is 12.7 Å². The summed E-state index contributed by atoms with van der Waals surface area (Å²) in [5.74, 6) is -0.0625. The van der Waals surface area contributed by atoms with E-state index in [4.69, 9.17) is 0 Å². The van der Waals surface area contributed by atoms with Gasteiger partial charge in [-0.05, 0) is 0 Å². The SMILES string of the molecule is C=CC(=O)N(C)[N+](C)(C)C. The molecule has 0 N–H and O–H groups in total. The first-order valence-electron chi connectivity index (χ1n) is 3.11. The van der Waals surface area contributed by atoms with Gasteiger partial charge in [0.15, 0.2) is 0 Å². The second-order valence-corrected chi connectivity index (χ2v) is 3.01. The van der Waals surface area contributed by atoms with Crippen molar-refractivity contribution < 1.29 is 9.39 Å². The monoisotopic (exact) mass is 143 g/mol. The van der Waals surface area contributed by atoms with Crippen molar-refractivity contribution in [2.75, 3.05) is 28.2 Å². The van der Waals surface area contributed by atoms with Gasteiger partial charge in [0, 0.05) is 6.08 Å². The number of carbonyl (C=O) groups is 1. The molecule has 0 saturated heterocycles. The average Bonchev–Trinajstić information content (AvgIpc) is 1.83. The molecule has 0 fully saturated rings. The van der Waals surface area contributed by atoms with E-state index >= 15 is 0 Å². The van der Waals surface area contributed by atoms with Gasteiger partial charge < -0.3 is 0 Å². The van der Waals surface area contributed by atoms with Crippen LogP contribution in [0.25, 0.3) is 0 Å².